The Balaban J connectivity index is 1.77. The Labute approximate surface area is 160 Å². The number of carbonyl (C=O) groups excluding carboxylic acids is 1. The van der Waals surface area contributed by atoms with E-state index < -0.39 is 0 Å². The molecule has 1 amide bonds. The van der Waals surface area contributed by atoms with Gasteiger partial charge in [0.15, 0.2) is 0 Å². The topological polar surface area (TPSA) is 65.8 Å². The minimum atomic E-state index is -0.183. The van der Waals surface area contributed by atoms with E-state index >= 15 is 0 Å². The highest BCUT2D eigenvalue weighted by atomic mass is 35.5. The van der Waals surface area contributed by atoms with Crippen molar-refractivity contribution in [3.05, 3.63) is 88.7 Å². The van der Waals surface area contributed by atoms with E-state index in [0.29, 0.717) is 22.8 Å². The van der Waals surface area contributed by atoms with Crippen LogP contribution in [0.4, 0.5) is 0 Å². The predicted octanol–water partition coefficient (Wildman–Crippen LogP) is 4.69. The largest absolute Gasteiger partial charge is 0.348 e. The van der Waals surface area contributed by atoms with E-state index in [4.69, 9.17) is 11.6 Å². The molecule has 0 fully saturated rings. The smallest absolute Gasteiger partial charge is 0.252 e. The molecule has 1 heterocycles. The molecule has 0 aliphatic heterocycles. The van der Waals surface area contributed by atoms with Gasteiger partial charge in [-0.1, -0.05) is 53.7 Å². The van der Waals surface area contributed by atoms with Crippen LogP contribution in [0.25, 0.3) is 0 Å². The van der Waals surface area contributed by atoms with Gasteiger partial charge >= 0.3 is 0 Å². The number of amides is 1. The second-order valence-corrected chi connectivity index (χ2v) is 6.85. The van der Waals surface area contributed by atoms with E-state index in [1.807, 2.05) is 42.5 Å². The summed E-state index contributed by atoms with van der Waals surface area (Å²) in [6.45, 7) is 0.358. The molecule has 0 aliphatic carbocycles. The van der Waals surface area contributed by atoms with Gasteiger partial charge < -0.3 is 5.32 Å². The number of rotatable bonds is 5. The number of hydrogen-bond acceptors (Lipinski definition) is 4. The summed E-state index contributed by atoms with van der Waals surface area (Å²) in [4.78, 5) is 18.2. The third-order valence-electron chi connectivity index (χ3n) is 3.60. The van der Waals surface area contributed by atoms with E-state index in [-0.39, 0.29) is 5.91 Å². The molecule has 0 spiro atoms. The zero-order chi connectivity index (χ0) is 18.4. The molecule has 6 heteroatoms. The molecule has 1 N–H and O–H groups in total. The lowest BCUT2D eigenvalue weighted by Gasteiger charge is -2.10. The fraction of sp³-hybridized carbons (Fsp3) is 0.0500. The lowest BCUT2D eigenvalue weighted by molar-refractivity contribution is 0.0948. The predicted molar refractivity (Wildman–Crippen MR) is 102 cm³/mol. The van der Waals surface area contributed by atoms with Gasteiger partial charge in [0.25, 0.3) is 5.91 Å². The Morgan fingerprint density at radius 2 is 1.81 bits per heavy atom. The van der Waals surface area contributed by atoms with Crippen molar-refractivity contribution in [2.75, 3.05) is 0 Å². The maximum atomic E-state index is 12.6. The third-order valence-corrected chi connectivity index (χ3v) is 4.98. The molecule has 3 rings (SSSR count). The summed E-state index contributed by atoms with van der Waals surface area (Å²) in [5.41, 5.74) is 2.01. The number of nitrogens with one attached hydrogen (secondary N) is 1. The first-order valence-electron chi connectivity index (χ1n) is 7.82. The fourth-order valence-corrected chi connectivity index (χ4v) is 3.43. The molecule has 0 atom stereocenters. The monoisotopic (exact) mass is 379 g/mol. The van der Waals surface area contributed by atoms with Crippen molar-refractivity contribution < 1.29 is 4.79 Å². The summed E-state index contributed by atoms with van der Waals surface area (Å²) < 4.78 is 0. The van der Waals surface area contributed by atoms with Gasteiger partial charge in [0.2, 0.25) is 0 Å². The van der Waals surface area contributed by atoms with E-state index in [9.17, 15) is 10.1 Å². The lowest BCUT2D eigenvalue weighted by Crippen LogP contribution is -2.23. The van der Waals surface area contributed by atoms with Crippen LogP contribution in [-0.4, -0.2) is 10.9 Å². The molecule has 0 saturated heterocycles. The molecule has 1 aromatic heterocycles. The Morgan fingerprint density at radius 3 is 2.54 bits per heavy atom. The Kier molecular flexibility index (Phi) is 5.90. The number of pyridine rings is 1. The van der Waals surface area contributed by atoms with Gasteiger partial charge in [-0.05, 0) is 35.9 Å². The highest BCUT2D eigenvalue weighted by molar-refractivity contribution is 7.99. The van der Waals surface area contributed by atoms with Gasteiger partial charge in [-0.3, -0.25) is 4.79 Å². The van der Waals surface area contributed by atoms with Gasteiger partial charge in [0, 0.05) is 22.5 Å². The summed E-state index contributed by atoms with van der Waals surface area (Å²) in [6, 6.07) is 20.3. The SMILES string of the molecule is N#Cc1ccccc1Sc1ccccc1C(=O)NCc1ccc(Cl)nc1. The normalized spacial score (nSPS) is 10.2. The van der Waals surface area contributed by atoms with Crippen LogP contribution in [0.1, 0.15) is 21.5 Å². The number of aromatic nitrogens is 1. The first-order valence-corrected chi connectivity index (χ1v) is 9.01. The van der Waals surface area contributed by atoms with Crippen LogP contribution < -0.4 is 5.32 Å². The fourth-order valence-electron chi connectivity index (χ4n) is 2.30. The molecule has 2 aromatic carbocycles. The maximum absolute atomic E-state index is 12.6. The Morgan fingerprint density at radius 1 is 1.08 bits per heavy atom. The molecule has 26 heavy (non-hydrogen) atoms. The van der Waals surface area contributed by atoms with Gasteiger partial charge in [-0.2, -0.15) is 5.26 Å². The van der Waals surface area contributed by atoms with Crippen LogP contribution in [0.3, 0.4) is 0 Å². The zero-order valence-electron chi connectivity index (χ0n) is 13.6. The van der Waals surface area contributed by atoms with Crippen molar-refractivity contribution in [2.24, 2.45) is 0 Å². The first-order chi connectivity index (χ1) is 12.7. The summed E-state index contributed by atoms with van der Waals surface area (Å²) in [6.07, 6.45) is 1.63. The van der Waals surface area contributed by atoms with Gasteiger partial charge in [-0.25, -0.2) is 4.98 Å². The number of nitrogens with zero attached hydrogens (tertiary/aromatic N) is 2. The quantitative estimate of drug-likeness (QED) is 0.653. The van der Waals surface area contributed by atoms with Crippen molar-refractivity contribution in [3.8, 4) is 6.07 Å². The summed E-state index contributed by atoms with van der Waals surface area (Å²) in [7, 11) is 0. The van der Waals surface area contributed by atoms with E-state index in [1.165, 1.54) is 11.8 Å². The van der Waals surface area contributed by atoms with Crippen LogP contribution in [0.2, 0.25) is 5.15 Å². The van der Waals surface area contributed by atoms with Crippen LogP contribution >= 0.6 is 23.4 Å². The van der Waals surface area contributed by atoms with Crippen molar-refractivity contribution >= 4 is 29.3 Å². The van der Waals surface area contributed by atoms with Gasteiger partial charge in [-0.15, -0.1) is 0 Å². The second kappa shape index (κ2) is 8.52. The number of nitriles is 1. The van der Waals surface area contributed by atoms with E-state index in [1.54, 1.807) is 24.4 Å². The summed E-state index contributed by atoms with van der Waals surface area (Å²) >= 11 is 7.17. The summed E-state index contributed by atoms with van der Waals surface area (Å²) in [5, 5.41) is 12.6. The highest BCUT2D eigenvalue weighted by Crippen LogP contribution is 2.32. The number of halogens is 1. The second-order valence-electron chi connectivity index (χ2n) is 5.38. The zero-order valence-corrected chi connectivity index (χ0v) is 15.2. The van der Waals surface area contributed by atoms with E-state index in [2.05, 4.69) is 16.4 Å². The summed E-state index contributed by atoms with van der Waals surface area (Å²) in [5.74, 6) is -0.183. The van der Waals surface area contributed by atoms with Crippen molar-refractivity contribution in [2.45, 2.75) is 16.3 Å². The molecule has 0 bridgehead atoms. The Hall–Kier alpha value is -2.81. The molecular weight excluding hydrogens is 366 g/mol. The minimum Gasteiger partial charge on any atom is -0.348 e. The molecular formula is C20H14ClN3OS. The Bertz CT molecular complexity index is 967. The lowest BCUT2D eigenvalue weighted by atomic mass is 10.2. The standard InChI is InChI=1S/C20H14ClN3OS/c21-19-10-9-14(12-23-19)13-24-20(25)16-6-2-4-8-18(16)26-17-7-3-1-5-15(17)11-22/h1-10,12H,13H2,(H,24,25). The van der Waals surface area contributed by atoms with Crippen molar-refractivity contribution in [1.29, 1.82) is 5.26 Å². The molecule has 0 saturated carbocycles. The van der Waals surface area contributed by atoms with E-state index in [0.717, 1.165) is 15.4 Å². The maximum Gasteiger partial charge on any atom is 0.252 e. The number of benzene rings is 2. The third kappa shape index (κ3) is 4.42. The van der Waals surface area contributed by atoms with Crippen molar-refractivity contribution in [1.82, 2.24) is 10.3 Å². The number of carbonyl (C=O) groups is 1. The van der Waals surface area contributed by atoms with Crippen LogP contribution in [-0.2, 0) is 6.54 Å². The minimum absolute atomic E-state index is 0.183. The van der Waals surface area contributed by atoms with Crippen LogP contribution in [0.15, 0.2) is 76.7 Å². The molecule has 128 valence electrons. The molecule has 0 radical (unpaired) electrons. The molecule has 4 nitrogen and oxygen atoms in total. The molecule has 0 aliphatic rings. The van der Waals surface area contributed by atoms with Crippen LogP contribution in [0, 0.1) is 11.3 Å². The van der Waals surface area contributed by atoms with Gasteiger partial charge in [0.05, 0.1) is 11.1 Å². The molecule has 0 unspecified atom stereocenters. The van der Waals surface area contributed by atoms with Crippen LogP contribution in [0.5, 0.6) is 0 Å². The molecule has 3 aromatic rings. The average Bonchev–Trinajstić information content (AvgIpc) is 2.68. The average molecular weight is 380 g/mol. The highest BCUT2D eigenvalue weighted by Gasteiger charge is 2.13. The number of hydrogen-bond donors (Lipinski definition) is 1. The first kappa shape index (κ1) is 18.0. The van der Waals surface area contributed by atoms with Crippen molar-refractivity contribution in [3.63, 3.8) is 0 Å². The van der Waals surface area contributed by atoms with Gasteiger partial charge in [0.1, 0.15) is 11.2 Å².